The third-order valence-electron chi connectivity index (χ3n) is 9.28. The van der Waals surface area contributed by atoms with Crippen LogP contribution >= 0.6 is 23.2 Å². The molecule has 0 aliphatic carbocycles. The first-order valence-electron chi connectivity index (χ1n) is 20.5. The molecule has 0 aliphatic rings. The van der Waals surface area contributed by atoms with Gasteiger partial charge in [-0.2, -0.15) is 67.3 Å². The molecule has 0 fully saturated rings. The number of rotatable bonds is 24. The molecule has 6 aromatic rings. The fourth-order valence-corrected chi connectivity index (χ4v) is 8.81. The Hall–Kier alpha value is -6.56. The molecule has 0 bridgehead atoms. The summed E-state index contributed by atoms with van der Waals surface area (Å²) >= 11 is 13.3. The predicted molar refractivity (Wildman–Crippen MR) is 267 cm³/mol. The molecule has 74 heavy (non-hydrogen) atoms. The van der Waals surface area contributed by atoms with Gasteiger partial charge in [0, 0.05) is 18.7 Å². The molecule has 6 rings (SSSR count). The molecule has 0 radical (unpaired) electrons. The van der Waals surface area contributed by atoms with E-state index in [1.165, 1.54) is 60.7 Å². The van der Waals surface area contributed by atoms with Crippen molar-refractivity contribution in [1.29, 1.82) is 0 Å². The fourth-order valence-electron chi connectivity index (χ4n) is 5.92. The Balaban J connectivity index is 1.40. The van der Waals surface area contributed by atoms with E-state index in [9.17, 15) is 64.9 Å². The van der Waals surface area contributed by atoms with Crippen molar-refractivity contribution in [1.82, 2.24) is 15.0 Å². The van der Waals surface area contributed by atoms with Gasteiger partial charge in [0.1, 0.15) is 22.9 Å². The molecule has 0 amide bonds. The van der Waals surface area contributed by atoms with Crippen LogP contribution in [-0.4, -0.2) is 105 Å². The molecule has 394 valence electrons. The molecule has 0 unspecified atom stereocenters. The number of benzene rings is 5. The summed E-state index contributed by atoms with van der Waals surface area (Å²) in [6.07, 6.45) is -0.410. The van der Waals surface area contributed by atoms with E-state index >= 15 is 0 Å². The normalized spacial score (nSPS) is 12.5. The van der Waals surface area contributed by atoms with E-state index < -0.39 is 71.9 Å². The van der Waals surface area contributed by atoms with Crippen LogP contribution in [0, 0.1) is 0 Å². The summed E-state index contributed by atoms with van der Waals surface area (Å²) in [7, 11) is -22.5. The zero-order valence-corrected chi connectivity index (χ0v) is 42.8. The van der Waals surface area contributed by atoms with E-state index in [1.807, 2.05) is 0 Å². The van der Waals surface area contributed by atoms with Gasteiger partial charge in [0.2, 0.25) is 17.8 Å². The van der Waals surface area contributed by atoms with E-state index in [2.05, 4.69) is 51.4 Å². The molecule has 27 nitrogen and oxygen atoms in total. The van der Waals surface area contributed by atoms with Gasteiger partial charge in [0.05, 0.1) is 72.2 Å². The molecule has 0 spiro atoms. The second kappa shape index (κ2) is 23.8. The van der Waals surface area contributed by atoms with Crippen LogP contribution in [0.5, 0.6) is 11.5 Å². The summed E-state index contributed by atoms with van der Waals surface area (Å²) < 4.78 is 175. The topological polar surface area (TPSA) is 415 Å². The second-order valence-electron chi connectivity index (χ2n) is 14.9. The Labute approximate surface area is 431 Å². The van der Waals surface area contributed by atoms with Crippen LogP contribution in [0.1, 0.15) is 18.4 Å². The Morgan fingerprint density at radius 1 is 0.486 bits per heavy atom. The maximum atomic E-state index is 11.7. The zero-order chi connectivity index (χ0) is 54.1. The summed E-state index contributed by atoms with van der Waals surface area (Å²) in [5.41, 5.74) is 0.368. The summed E-state index contributed by atoms with van der Waals surface area (Å²) in [5, 5.41) is 24.8. The number of nitrogens with one attached hydrogen (secondary N) is 3. The molecule has 0 atom stereocenters. The molecular formula is C40H38Cl2N10O17S5. The monoisotopic (exact) mass is 1160 g/mol. The number of hydrogen-bond acceptors (Lipinski definition) is 22. The Kier molecular flexibility index (Phi) is 18.2. The lowest BCUT2D eigenvalue weighted by molar-refractivity contribution is 0.317. The lowest BCUT2D eigenvalue weighted by Gasteiger charge is -2.17. The highest BCUT2D eigenvalue weighted by atomic mass is 35.5. The minimum atomic E-state index is -4.60. The van der Waals surface area contributed by atoms with Crippen LogP contribution in [-0.2, 0) is 57.1 Å². The van der Waals surface area contributed by atoms with Gasteiger partial charge in [-0.3, -0.25) is 22.8 Å². The summed E-state index contributed by atoms with van der Waals surface area (Å²) in [5.74, 6) is -2.20. The van der Waals surface area contributed by atoms with Gasteiger partial charge in [-0.15, -0.1) is 10.2 Å². The molecule has 0 saturated carbocycles. The van der Waals surface area contributed by atoms with Crippen molar-refractivity contribution in [2.75, 3.05) is 40.7 Å². The van der Waals surface area contributed by atoms with Gasteiger partial charge < -0.3 is 25.4 Å². The number of hydrogen-bond donors (Lipinski definition) is 8. The van der Waals surface area contributed by atoms with Gasteiger partial charge in [0.15, 0.2) is 0 Å². The first kappa shape index (κ1) is 56.7. The van der Waals surface area contributed by atoms with Gasteiger partial charge >= 0.3 is 0 Å². The number of azo groups is 2. The molecule has 0 saturated heterocycles. The van der Waals surface area contributed by atoms with Crippen molar-refractivity contribution in [3.8, 4) is 11.5 Å². The van der Waals surface area contributed by atoms with Crippen molar-refractivity contribution < 1.29 is 74.3 Å². The van der Waals surface area contributed by atoms with Crippen molar-refractivity contribution >= 4 is 126 Å². The molecule has 34 heteroatoms. The first-order chi connectivity index (χ1) is 34.6. The maximum absolute atomic E-state index is 11.7. The van der Waals surface area contributed by atoms with Gasteiger partial charge in [-0.05, 0) is 79.1 Å². The molecular weight excluding hydrogens is 1120 g/mol. The first-order valence-corrected chi connectivity index (χ1v) is 28.8. The van der Waals surface area contributed by atoms with Crippen molar-refractivity contribution in [3.63, 3.8) is 0 Å². The average Bonchev–Trinajstić information content (AvgIpc) is 3.30. The van der Waals surface area contributed by atoms with Crippen molar-refractivity contribution in [2.45, 2.75) is 34.1 Å². The quantitative estimate of drug-likeness (QED) is 0.0161. The number of anilines is 5. The standard InChI is InChI=1S/C40H38Cl2N10O17S5/c41-30-19-34(36(68-13-3-15-70(53,54)55)21-32(30)51-49-25-5-1-7-28(17-25)73(62,63)64)44-39-46-38(43-23-24-9-11-27(12-10-24)72(59,60)61)47-40(48-39)45-35-20-31(42)33(22-37(35)69-14-4-16-71(56,57)58)52-50-26-6-2-8-29(18-26)74(65,66)67/h1-2,5-12,17-22H,3-4,13-16,23H2,(H,53,54,55)(H,56,57,58)(H,59,60,61)(H,62,63,64)(H,65,66,67)(H3,43,44,45,46,47,48). The number of halogens is 2. The maximum Gasteiger partial charge on any atom is 0.294 e. The molecule has 1 heterocycles. The van der Waals surface area contributed by atoms with E-state index in [0.717, 1.165) is 36.4 Å². The number of nitrogens with zero attached hydrogens (tertiary/aromatic N) is 7. The average molecular weight is 1160 g/mol. The third kappa shape index (κ3) is 17.5. The fraction of sp³-hybridized carbons (Fsp3) is 0.175. The summed E-state index contributed by atoms with van der Waals surface area (Å²) in [6, 6.07) is 19.9. The molecule has 5 aromatic carbocycles. The van der Waals surface area contributed by atoms with Crippen LogP contribution < -0.4 is 25.4 Å². The number of aromatic nitrogens is 3. The predicted octanol–water partition coefficient (Wildman–Crippen LogP) is 8.16. The van der Waals surface area contributed by atoms with Crippen molar-refractivity contribution in [3.05, 3.63) is 113 Å². The van der Waals surface area contributed by atoms with Crippen LogP contribution in [0.4, 0.5) is 52.0 Å². The Morgan fingerprint density at radius 3 is 1.28 bits per heavy atom. The third-order valence-corrected chi connectivity index (χ3v) is 14.1. The van der Waals surface area contributed by atoms with Crippen LogP contribution in [0.2, 0.25) is 10.0 Å². The van der Waals surface area contributed by atoms with Gasteiger partial charge in [0.25, 0.3) is 50.6 Å². The SMILES string of the molecule is O=S(=O)(O)CCCOc1cc(N=Nc2cccc(S(=O)(=O)O)c2)c(Cl)cc1Nc1nc(NCc2ccc(S(=O)(=O)O)cc2)nc(Nc2cc(Cl)c(N=Nc3cccc(S(=O)(=O)O)c3)cc2OCCCS(=O)(=O)O)n1. The second-order valence-corrected chi connectivity index (χ2v) is 23.2. The van der Waals surface area contributed by atoms with E-state index in [1.54, 1.807) is 0 Å². The highest BCUT2D eigenvalue weighted by Crippen LogP contribution is 2.41. The summed E-state index contributed by atoms with van der Waals surface area (Å²) in [4.78, 5) is 12.0. The Morgan fingerprint density at radius 2 is 0.892 bits per heavy atom. The highest BCUT2D eigenvalue weighted by Gasteiger charge is 2.19. The Bertz CT molecular complexity index is 3510. The summed E-state index contributed by atoms with van der Waals surface area (Å²) in [6.45, 7) is -0.677. The smallest absolute Gasteiger partial charge is 0.294 e. The van der Waals surface area contributed by atoms with Crippen LogP contribution in [0.3, 0.4) is 0 Å². The zero-order valence-electron chi connectivity index (χ0n) is 37.3. The van der Waals surface area contributed by atoms with Crippen LogP contribution in [0.25, 0.3) is 0 Å². The minimum absolute atomic E-state index is 0.00957. The molecule has 1 aromatic heterocycles. The van der Waals surface area contributed by atoms with E-state index in [0.29, 0.717) is 5.56 Å². The lowest BCUT2D eigenvalue weighted by Crippen LogP contribution is -2.12. The van der Waals surface area contributed by atoms with Crippen LogP contribution in [0.15, 0.2) is 132 Å². The minimum Gasteiger partial charge on any atom is -0.491 e. The number of ether oxygens (including phenoxy) is 2. The van der Waals surface area contributed by atoms with E-state index in [4.69, 9.17) is 32.7 Å². The van der Waals surface area contributed by atoms with Gasteiger partial charge in [-0.25, -0.2) is 0 Å². The van der Waals surface area contributed by atoms with E-state index in [-0.39, 0.29) is 111 Å². The van der Waals surface area contributed by atoms with Gasteiger partial charge in [-0.1, -0.05) is 47.5 Å². The highest BCUT2D eigenvalue weighted by molar-refractivity contribution is 7.86. The van der Waals surface area contributed by atoms with Crippen molar-refractivity contribution in [2.24, 2.45) is 20.5 Å². The molecule has 8 N–H and O–H groups in total. The molecule has 0 aliphatic heterocycles. The lowest BCUT2D eigenvalue weighted by atomic mass is 10.2. The largest absolute Gasteiger partial charge is 0.491 e.